The Bertz CT molecular complexity index is 846. The molecule has 1 saturated heterocycles. The number of anilines is 1. The first-order valence-electron chi connectivity index (χ1n) is 7.22. The number of hydrogen-bond donors (Lipinski definition) is 1. The summed E-state index contributed by atoms with van der Waals surface area (Å²) in [4.78, 5) is 18.5. The van der Waals surface area contributed by atoms with Gasteiger partial charge in [0.25, 0.3) is 0 Å². The fraction of sp³-hybridized carbons (Fsp3) is 0.357. The van der Waals surface area contributed by atoms with Crippen LogP contribution in [0.3, 0.4) is 0 Å². The van der Waals surface area contributed by atoms with E-state index in [2.05, 4.69) is 30.5 Å². The van der Waals surface area contributed by atoms with E-state index >= 15 is 0 Å². The molecule has 23 heavy (non-hydrogen) atoms. The lowest BCUT2D eigenvalue weighted by atomic mass is 10.1. The van der Waals surface area contributed by atoms with Crippen LogP contribution in [0.4, 0.5) is 5.13 Å². The van der Waals surface area contributed by atoms with Crippen molar-refractivity contribution < 1.29 is 9.53 Å². The second kappa shape index (κ2) is 5.58. The molecule has 0 saturated carbocycles. The molecule has 1 N–H and O–H groups in total. The molecule has 9 heteroatoms. The smallest absolute Gasteiger partial charge is 0.337 e. The Labute approximate surface area is 135 Å². The second-order valence-corrected chi connectivity index (χ2v) is 6.38. The lowest BCUT2D eigenvalue weighted by Gasteiger charge is -2.13. The van der Waals surface area contributed by atoms with E-state index in [0.29, 0.717) is 5.56 Å². The van der Waals surface area contributed by atoms with Crippen molar-refractivity contribution in [2.75, 3.05) is 25.1 Å². The number of hydrogen-bond acceptors (Lipinski definition) is 8. The van der Waals surface area contributed by atoms with E-state index < -0.39 is 0 Å². The number of nitrogens with one attached hydrogen (secondary N) is 1. The van der Waals surface area contributed by atoms with E-state index in [4.69, 9.17) is 4.74 Å². The van der Waals surface area contributed by atoms with E-state index in [1.807, 2.05) is 12.1 Å². The molecule has 4 rings (SSSR count). The highest BCUT2D eigenvalue weighted by Crippen LogP contribution is 2.34. The molecule has 1 aliphatic rings. The monoisotopic (exact) mass is 330 g/mol. The number of aromatic amines is 1. The molecule has 0 aliphatic carbocycles. The van der Waals surface area contributed by atoms with Crippen LogP contribution in [0, 0.1) is 0 Å². The van der Waals surface area contributed by atoms with Gasteiger partial charge in [-0.3, -0.25) is 0 Å². The molecule has 3 aromatic rings. The molecule has 118 valence electrons. The molecule has 3 heterocycles. The normalized spacial score (nSPS) is 17.8. The van der Waals surface area contributed by atoms with Gasteiger partial charge >= 0.3 is 5.97 Å². The van der Waals surface area contributed by atoms with Gasteiger partial charge in [-0.1, -0.05) is 16.6 Å². The minimum Gasteiger partial charge on any atom is -0.465 e. The number of tetrazole rings is 1. The number of aromatic nitrogens is 5. The van der Waals surface area contributed by atoms with Crippen molar-refractivity contribution in [3.8, 4) is 0 Å². The van der Waals surface area contributed by atoms with Crippen molar-refractivity contribution in [3.63, 3.8) is 0 Å². The zero-order valence-corrected chi connectivity index (χ0v) is 13.2. The van der Waals surface area contributed by atoms with Gasteiger partial charge in [0.05, 0.1) is 22.9 Å². The lowest BCUT2D eigenvalue weighted by molar-refractivity contribution is 0.0601. The Balaban J connectivity index is 1.59. The summed E-state index contributed by atoms with van der Waals surface area (Å²) < 4.78 is 5.74. The zero-order chi connectivity index (χ0) is 15.8. The highest BCUT2D eigenvalue weighted by Gasteiger charge is 2.28. The van der Waals surface area contributed by atoms with Gasteiger partial charge in [0.2, 0.25) is 0 Å². The van der Waals surface area contributed by atoms with Crippen molar-refractivity contribution in [2.45, 2.75) is 12.3 Å². The summed E-state index contributed by atoms with van der Waals surface area (Å²) in [6.07, 6.45) is 0.975. The largest absolute Gasteiger partial charge is 0.465 e. The van der Waals surface area contributed by atoms with Gasteiger partial charge in [0.15, 0.2) is 11.0 Å². The summed E-state index contributed by atoms with van der Waals surface area (Å²) in [6, 6.07) is 5.42. The average Bonchev–Trinajstić information content (AvgIpc) is 3.31. The molecule has 1 aliphatic heterocycles. The third-order valence-electron chi connectivity index (χ3n) is 3.98. The van der Waals surface area contributed by atoms with Gasteiger partial charge < -0.3 is 9.64 Å². The maximum absolute atomic E-state index is 11.6. The third-order valence-corrected chi connectivity index (χ3v) is 5.06. The van der Waals surface area contributed by atoms with Crippen LogP contribution in [0.2, 0.25) is 0 Å². The van der Waals surface area contributed by atoms with Gasteiger partial charge in [0, 0.05) is 19.0 Å². The van der Waals surface area contributed by atoms with E-state index in [0.717, 1.165) is 40.7 Å². The maximum Gasteiger partial charge on any atom is 0.337 e. The van der Waals surface area contributed by atoms with E-state index in [1.165, 1.54) is 7.11 Å². The van der Waals surface area contributed by atoms with Crippen LogP contribution in [0.5, 0.6) is 0 Å². The van der Waals surface area contributed by atoms with Crippen LogP contribution in [0.15, 0.2) is 18.2 Å². The number of H-pyrrole nitrogens is 1. The molecule has 2 aromatic heterocycles. The molecule has 0 amide bonds. The van der Waals surface area contributed by atoms with Crippen LogP contribution in [0.25, 0.3) is 10.2 Å². The van der Waals surface area contributed by atoms with Crippen LogP contribution in [0.1, 0.15) is 28.5 Å². The van der Waals surface area contributed by atoms with Crippen molar-refractivity contribution in [1.82, 2.24) is 25.6 Å². The summed E-state index contributed by atoms with van der Waals surface area (Å²) in [7, 11) is 1.38. The number of nitrogens with zero attached hydrogens (tertiary/aromatic N) is 5. The Morgan fingerprint density at radius 3 is 3.17 bits per heavy atom. The predicted octanol–water partition coefficient (Wildman–Crippen LogP) is 1.59. The number of fused-ring (bicyclic) bond motifs is 1. The van der Waals surface area contributed by atoms with Crippen LogP contribution in [-0.4, -0.2) is 51.8 Å². The van der Waals surface area contributed by atoms with Crippen LogP contribution >= 0.6 is 11.3 Å². The van der Waals surface area contributed by atoms with Gasteiger partial charge in [-0.25, -0.2) is 9.78 Å². The molecule has 8 nitrogen and oxygen atoms in total. The zero-order valence-electron chi connectivity index (χ0n) is 12.4. The molecule has 1 aromatic carbocycles. The third kappa shape index (κ3) is 2.52. The Morgan fingerprint density at radius 2 is 2.39 bits per heavy atom. The van der Waals surface area contributed by atoms with Gasteiger partial charge in [-0.05, 0) is 24.6 Å². The van der Waals surface area contributed by atoms with E-state index in [9.17, 15) is 4.79 Å². The first-order chi connectivity index (χ1) is 11.2. The predicted molar refractivity (Wildman–Crippen MR) is 84.7 cm³/mol. The van der Waals surface area contributed by atoms with Crippen molar-refractivity contribution in [3.05, 3.63) is 29.6 Å². The average molecular weight is 330 g/mol. The molecule has 1 unspecified atom stereocenters. The topological polar surface area (TPSA) is 96.9 Å². The Kier molecular flexibility index (Phi) is 3.41. The molecule has 0 radical (unpaired) electrons. The molecule has 1 atom stereocenters. The quantitative estimate of drug-likeness (QED) is 0.728. The molecule has 0 spiro atoms. The molecule has 1 fully saturated rings. The standard InChI is InChI=1S/C14H14N6O2S/c1-22-13(21)8-2-3-10-11(6-8)23-14(15-10)20-5-4-9(7-20)12-16-18-19-17-12/h2-3,6,9H,4-5,7H2,1H3,(H,16,17,18,19). The Hall–Kier alpha value is -2.55. The van der Waals surface area contributed by atoms with Gasteiger partial charge in [0.1, 0.15) is 0 Å². The number of thiazole rings is 1. The van der Waals surface area contributed by atoms with Crippen molar-refractivity contribution >= 4 is 32.7 Å². The number of rotatable bonds is 3. The van der Waals surface area contributed by atoms with Gasteiger partial charge in [-0.15, -0.1) is 10.2 Å². The first kappa shape index (κ1) is 14.1. The summed E-state index contributed by atoms with van der Waals surface area (Å²) in [5.74, 6) is 0.688. The fourth-order valence-corrected chi connectivity index (χ4v) is 3.82. The Morgan fingerprint density at radius 1 is 1.48 bits per heavy atom. The minimum atomic E-state index is -0.333. The summed E-state index contributed by atoms with van der Waals surface area (Å²) >= 11 is 1.58. The number of methoxy groups -OCH3 is 1. The summed E-state index contributed by atoms with van der Waals surface area (Å²) in [5.41, 5.74) is 1.43. The molecule has 0 bridgehead atoms. The first-order valence-corrected chi connectivity index (χ1v) is 8.03. The van der Waals surface area contributed by atoms with E-state index in [1.54, 1.807) is 17.4 Å². The number of ether oxygens (including phenoxy) is 1. The second-order valence-electron chi connectivity index (χ2n) is 5.37. The fourth-order valence-electron chi connectivity index (χ4n) is 2.78. The highest BCUT2D eigenvalue weighted by atomic mass is 32.1. The number of benzene rings is 1. The van der Waals surface area contributed by atoms with E-state index in [-0.39, 0.29) is 11.9 Å². The SMILES string of the molecule is COC(=O)c1ccc2nc(N3CCC(c4nn[nH]n4)C3)sc2c1. The number of carbonyl (C=O) groups is 1. The minimum absolute atomic E-state index is 0.270. The number of carbonyl (C=O) groups excluding carboxylic acids is 1. The van der Waals surface area contributed by atoms with Crippen LogP contribution < -0.4 is 4.90 Å². The van der Waals surface area contributed by atoms with Gasteiger partial charge in [-0.2, -0.15) is 5.21 Å². The molecular formula is C14H14N6O2S. The van der Waals surface area contributed by atoms with Crippen LogP contribution in [-0.2, 0) is 4.74 Å². The lowest BCUT2D eigenvalue weighted by Crippen LogP contribution is -2.19. The summed E-state index contributed by atoms with van der Waals surface area (Å²) in [5, 5.41) is 15.2. The summed E-state index contributed by atoms with van der Waals surface area (Å²) in [6.45, 7) is 1.73. The highest BCUT2D eigenvalue weighted by molar-refractivity contribution is 7.22. The van der Waals surface area contributed by atoms with Crippen molar-refractivity contribution in [1.29, 1.82) is 0 Å². The van der Waals surface area contributed by atoms with Crippen molar-refractivity contribution in [2.24, 2.45) is 0 Å². The molecular weight excluding hydrogens is 316 g/mol. The maximum atomic E-state index is 11.6. The number of esters is 1.